The van der Waals surface area contributed by atoms with E-state index in [0.29, 0.717) is 6.61 Å². The van der Waals surface area contributed by atoms with Crippen LogP contribution in [-0.2, 0) is 6.61 Å². The van der Waals surface area contributed by atoms with Crippen LogP contribution in [0.1, 0.15) is 17.2 Å². The SMILES string of the molecule is CN(C)C(c1ccc(OCc2ccccc2)cc1)C(CO)CO. The molecule has 0 amide bonds. The second-order valence-electron chi connectivity index (χ2n) is 5.88. The molecule has 0 radical (unpaired) electrons. The molecule has 1 atom stereocenters. The van der Waals surface area contributed by atoms with E-state index in [0.717, 1.165) is 16.9 Å². The van der Waals surface area contributed by atoms with Crippen molar-refractivity contribution in [2.45, 2.75) is 12.6 Å². The summed E-state index contributed by atoms with van der Waals surface area (Å²) in [6, 6.07) is 17.8. The third kappa shape index (κ3) is 4.79. The van der Waals surface area contributed by atoms with Gasteiger partial charge < -0.3 is 19.8 Å². The molecule has 0 spiro atoms. The number of aliphatic hydroxyl groups excluding tert-OH is 2. The maximum Gasteiger partial charge on any atom is 0.119 e. The lowest BCUT2D eigenvalue weighted by atomic mass is 9.93. The highest BCUT2D eigenvalue weighted by Gasteiger charge is 2.24. The minimum absolute atomic E-state index is 0.0341. The van der Waals surface area contributed by atoms with Crippen molar-refractivity contribution < 1.29 is 14.9 Å². The summed E-state index contributed by atoms with van der Waals surface area (Å²) in [7, 11) is 3.89. The molecule has 2 N–H and O–H groups in total. The fourth-order valence-electron chi connectivity index (χ4n) is 2.75. The van der Waals surface area contributed by atoms with Crippen LogP contribution >= 0.6 is 0 Å². The van der Waals surface area contributed by atoms with Gasteiger partial charge in [-0.05, 0) is 37.4 Å². The summed E-state index contributed by atoms with van der Waals surface area (Å²) in [6.07, 6.45) is 0. The van der Waals surface area contributed by atoms with E-state index >= 15 is 0 Å². The minimum Gasteiger partial charge on any atom is -0.489 e. The normalized spacial score (nSPS) is 12.6. The zero-order valence-corrected chi connectivity index (χ0v) is 13.7. The minimum atomic E-state index is -0.207. The molecule has 0 bridgehead atoms. The van der Waals surface area contributed by atoms with Gasteiger partial charge in [0.1, 0.15) is 12.4 Å². The van der Waals surface area contributed by atoms with Crippen molar-refractivity contribution >= 4 is 0 Å². The van der Waals surface area contributed by atoms with E-state index in [1.165, 1.54) is 0 Å². The van der Waals surface area contributed by atoms with Crippen molar-refractivity contribution in [1.82, 2.24) is 4.90 Å². The average molecular weight is 315 g/mol. The second kappa shape index (κ2) is 8.67. The Morgan fingerprint density at radius 2 is 1.52 bits per heavy atom. The summed E-state index contributed by atoms with van der Waals surface area (Å²) in [4.78, 5) is 2.01. The Labute approximate surface area is 138 Å². The molecule has 0 saturated carbocycles. The third-order valence-corrected chi connectivity index (χ3v) is 3.94. The maximum absolute atomic E-state index is 9.46. The van der Waals surface area contributed by atoms with Gasteiger partial charge in [-0.3, -0.25) is 0 Å². The summed E-state index contributed by atoms with van der Waals surface area (Å²) < 4.78 is 5.79. The van der Waals surface area contributed by atoms with Crippen molar-refractivity contribution in [3.8, 4) is 5.75 Å². The Kier molecular flexibility index (Phi) is 6.59. The van der Waals surface area contributed by atoms with Crippen LogP contribution in [0, 0.1) is 5.92 Å². The molecule has 4 heteroatoms. The molecule has 0 aliphatic heterocycles. The summed E-state index contributed by atoms with van der Waals surface area (Å²) in [5, 5.41) is 18.9. The largest absolute Gasteiger partial charge is 0.489 e. The van der Waals surface area contributed by atoms with Gasteiger partial charge in [-0.2, -0.15) is 0 Å². The zero-order valence-electron chi connectivity index (χ0n) is 13.7. The molecule has 124 valence electrons. The first-order valence-corrected chi connectivity index (χ1v) is 7.80. The predicted octanol–water partition coefficient (Wildman–Crippen LogP) is 2.47. The molecule has 0 saturated heterocycles. The fourth-order valence-corrected chi connectivity index (χ4v) is 2.75. The van der Waals surface area contributed by atoms with Gasteiger partial charge in [0.05, 0.1) is 0 Å². The molecule has 0 heterocycles. The monoisotopic (exact) mass is 315 g/mol. The summed E-state index contributed by atoms with van der Waals surface area (Å²) in [5.41, 5.74) is 2.18. The Morgan fingerprint density at radius 1 is 0.913 bits per heavy atom. The smallest absolute Gasteiger partial charge is 0.119 e. The quantitative estimate of drug-likeness (QED) is 0.786. The molecule has 23 heavy (non-hydrogen) atoms. The van der Waals surface area contributed by atoms with Gasteiger partial charge in [0.15, 0.2) is 0 Å². The molecule has 0 aliphatic carbocycles. The predicted molar refractivity (Wildman–Crippen MR) is 91.3 cm³/mol. The Bertz CT molecular complexity index is 565. The van der Waals surface area contributed by atoms with Crippen LogP contribution in [0.2, 0.25) is 0 Å². The molecule has 1 unspecified atom stereocenters. The Hall–Kier alpha value is -1.88. The number of hydrogen-bond acceptors (Lipinski definition) is 4. The topological polar surface area (TPSA) is 52.9 Å². The Balaban J connectivity index is 2.05. The Morgan fingerprint density at radius 3 is 2.04 bits per heavy atom. The van der Waals surface area contributed by atoms with E-state index in [1.807, 2.05) is 73.6 Å². The van der Waals surface area contributed by atoms with Crippen molar-refractivity contribution in [2.24, 2.45) is 5.92 Å². The maximum atomic E-state index is 9.46. The van der Waals surface area contributed by atoms with E-state index in [1.54, 1.807) is 0 Å². The standard InChI is InChI=1S/C19H25NO3/c1-20(2)19(17(12-21)13-22)16-8-10-18(11-9-16)23-14-15-6-4-3-5-7-15/h3-11,17,19,21-22H,12-14H2,1-2H3. The van der Waals surface area contributed by atoms with Crippen LogP contribution in [0.3, 0.4) is 0 Å². The first kappa shape index (κ1) is 17.5. The van der Waals surface area contributed by atoms with Crippen LogP contribution in [0.4, 0.5) is 0 Å². The lowest BCUT2D eigenvalue weighted by Crippen LogP contribution is -2.31. The molecule has 0 fully saturated rings. The first-order chi connectivity index (χ1) is 11.2. The van der Waals surface area contributed by atoms with E-state index in [9.17, 15) is 10.2 Å². The van der Waals surface area contributed by atoms with Gasteiger partial charge in [0.25, 0.3) is 0 Å². The molecule has 2 aromatic rings. The molecular weight excluding hydrogens is 290 g/mol. The van der Waals surface area contributed by atoms with Crippen molar-refractivity contribution in [3.05, 3.63) is 65.7 Å². The lowest BCUT2D eigenvalue weighted by Gasteiger charge is -2.30. The molecule has 0 aliphatic rings. The first-order valence-electron chi connectivity index (χ1n) is 7.80. The lowest BCUT2D eigenvalue weighted by molar-refractivity contribution is 0.0808. The molecule has 4 nitrogen and oxygen atoms in total. The highest BCUT2D eigenvalue weighted by atomic mass is 16.5. The number of nitrogens with zero attached hydrogens (tertiary/aromatic N) is 1. The van der Waals surface area contributed by atoms with Gasteiger partial charge in [-0.25, -0.2) is 0 Å². The number of aliphatic hydroxyl groups is 2. The summed E-state index contributed by atoms with van der Waals surface area (Å²) >= 11 is 0. The average Bonchev–Trinajstić information content (AvgIpc) is 2.59. The highest BCUT2D eigenvalue weighted by Crippen LogP contribution is 2.28. The van der Waals surface area contributed by atoms with Crippen LogP contribution < -0.4 is 4.74 Å². The van der Waals surface area contributed by atoms with Crippen molar-refractivity contribution in [1.29, 1.82) is 0 Å². The van der Waals surface area contributed by atoms with Gasteiger partial charge >= 0.3 is 0 Å². The summed E-state index contributed by atoms with van der Waals surface area (Å²) in [6.45, 7) is 0.435. The summed E-state index contributed by atoms with van der Waals surface area (Å²) in [5.74, 6) is 0.598. The van der Waals surface area contributed by atoms with Crippen LogP contribution in [0.15, 0.2) is 54.6 Å². The van der Waals surface area contributed by atoms with E-state index in [-0.39, 0.29) is 25.2 Å². The van der Waals surface area contributed by atoms with E-state index in [2.05, 4.69) is 0 Å². The number of rotatable bonds is 8. The molecule has 2 aromatic carbocycles. The zero-order chi connectivity index (χ0) is 16.7. The van der Waals surface area contributed by atoms with Gasteiger partial charge in [0.2, 0.25) is 0 Å². The van der Waals surface area contributed by atoms with Crippen molar-refractivity contribution in [2.75, 3.05) is 27.3 Å². The number of benzene rings is 2. The number of ether oxygens (including phenoxy) is 1. The van der Waals surface area contributed by atoms with Gasteiger partial charge in [-0.1, -0.05) is 42.5 Å². The number of hydrogen-bond donors (Lipinski definition) is 2. The van der Waals surface area contributed by atoms with Crippen LogP contribution in [-0.4, -0.2) is 42.4 Å². The van der Waals surface area contributed by atoms with Gasteiger partial charge in [-0.15, -0.1) is 0 Å². The molecule has 0 aromatic heterocycles. The van der Waals surface area contributed by atoms with Gasteiger partial charge in [0, 0.05) is 25.2 Å². The molecule has 2 rings (SSSR count). The molecular formula is C19H25NO3. The highest BCUT2D eigenvalue weighted by molar-refractivity contribution is 5.30. The van der Waals surface area contributed by atoms with E-state index < -0.39 is 0 Å². The third-order valence-electron chi connectivity index (χ3n) is 3.94. The fraction of sp³-hybridized carbons (Fsp3) is 0.368. The second-order valence-corrected chi connectivity index (χ2v) is 5.88. The van der Waals surface area contributed by atoms with E-state index in [4.69, 9.17) is 4.74 Å². The van der Waals surface area contributed by atoms with Crippen molar-refractivity contribution in [3.63, 3.8) is 0 Å². The van der Waals surface area contributed by atoms with Crippen LogP contribution in [0.25, 0.3) is 0 Å². The van der Waals surface area contributed by atoms with Crippen LogP contribution in [0.5, 0.6) is 5.75 Å².